The van der Waals surface area contributed by atoms with Crippen LogP contribution in [0.25, 0.3) is 11.4 Å². The number of hydrogen-bond acceptors (Lipinski definition) is 7. The SMILES string of the molecule is NCCCCCC(=O)N(CCc1ccccc1)CCc1nc(-c2ccc3c(c2)OCO3)no1. The number of rotatable bonds is 12. The average Bonchev–Trinajstić information content (AvgIpc) is 3.51. The summed E-state index contributed by atoms with van der Waals surface area (Å²) in [5.41, 5.74) is 7.58. The molecule has 0 fully saturated rings. The molecule has 0 saturated carbocycles. The molecule has 3 aromatic rings. The maximum absolute atomic E-state index is 12.9. The summed E-state index contributed by atoms with van der Waals surface area (Å²) in [6, 6.07) is 15.8. The van der Waals surface area contributed by atoms with Gasteiger partial charge in [0, 0.05) is 31.5 Å². The van der Waals surface area contributed by atoms with Crippen LogP contribution in [-0.4, -0.2) is 47.4 Å². The Morgan fingerprint density at radius 1 is 0.970 bits per heavy atom. The van der Waals surface area contributed by atoms with Crippen molar-refractivity contribution in [3.05, 3.63) is 60.0 Å². The first-order chi connectivity index (χ1) is 16.2. The van der Waals surface area contributed by atoms with E-state index in [2.05, 4.69) is 22.3 Å². The van der Waals surface area contributed by atoms with Crippen LogP contribution >= 0.6 is 0 Å². The second-order valence-corrected chi connectivity index (χ2v) is 8.05. The first-order valence-electron chi connectivity index (χ1n) is 11.5. The summed E-state index contributed by atoms with van der Waals surface area (Å²) in [7, 11) is 0. The predicted octanol–water partition coefficient (Wildman–Crippen LogP) is 3.60. The maximum atomic E-state index is 12.9. The van der Waals surface area contributed by atoms with Gasteiger partial charge in [-0.25, -0.2) is 0 Å². The minimum Gasteiger partial charge on any atom is -0.454 e. The van der Waals surface area contributed by atoms with Gasteiger partial charge in [0.1, 0.15) is 0 Å². The van der Waals surface area contributed by atoms with Crippen LogP contribution in [0.2, 0.25) is 0 Å². The molecule has 1 aliphatic heterocycles. The summed E-state index contributed by atoms with van der Waals surface area (Å²) in [4.78, 5) is 19.3. The lowest BCUT2D eigenvalue weighted by Gasteiger charge is -2.22. The van der Waals surface area contributed by atoms with Crippen LogP contribution < -0.4 is 15.2 Å². The topological polar surface area (TPSA) is 104 Å². The zero-order valence-electron chi connectivity index (χ0n) is 18.7. The van der Waals surface area contributed by atoms with Gasteiger partial charge in [-0.05, 0) is 49.6 Å². The van der Waals surface area contributed by atoms with Crippen LogP contribution in [0.3, 0.4) is 0 Å². The Bertz CT molecular complexity index is 1040. The van der Waals surface area contributed by atoms with E-state index in [1.54, 1.807) is 0 Å². The number of nitrogens with zero attached hydrogens (tertiary/aromatic N) is 3. The Morgan fingerprint density at radius 3 is 2.64 bits per heavy atom. The molecular formula is C25H30N4O4. The van der Waals surface area contributed by atoms with Gasteiger partial charge in [-0.2, -0.15) is 4.98 Å². The molecule has 0 saturated heterocycles. The zero-order chi connectivity index (χ0) is 22.9. The lowest BCUT2D eigenvalue weighted by Crippen LogP contribution is -2.34. The standard InChI is InChI=1S/C25H30N4O4/c26-14-6-2-5-9-24(30)29(15-12-19-7-3-1-4-8-19)16-13-23-27-25(28-33-23)20-10-11-21-22(17-20)32-18-31-21/h1,3-4,7-8,10-11,17H,2,5-6,9,12-16,18,26H2. The van der Waals surface area contributed by atoms with Gasteiger partial charge in [-0.15, -0.1) is 0 Å². The largest absolute Gasteiger partial charge is 0.454 e. The average molecular weight is 451 g/mol. The molecule has 8 heteroatoms. The number of hydrogen-bond donors (Lipinski definition) is 1. The number of nitrogens with two attached hydrogens (primary N) is 1. The van der Waals surface area contributed by atoms with Gasteiger partial charge in [0.2, 0.25) is 24.4 Å². The molecule has 1 aliphatic rings. The predicted molar refractivity (Wildman–Crippen MR) is 124 cm³/mol. The second kappa shape index (κ2) is 11.5. The van der Waals surface area contributed by atoms with E-state index in [-0.39, 0.29) is 12.7 Å². The van der Waals surface area contributed by atoms with Gasteiger partial charge in [-0.1, -0.05) is 41.9 Å². The van der Waals surface area contributed by atoms with Crippen molar-refractivity contribution in [3.63, 3.8) is 0 Å². The van der Waals surface area contributed by atoms with Crippen molar-refractivity contribution in [2.24, 2.45) is 5.73 Å². The van der Waals surface area contributed by atoms with Gasteiger partial charge < -0.3 is 24.6 Å². The smallest absolute Gasteiger partial charge is 0.231 e. The molecule has 0 atom stereocenters. The van der Waals surface area contributed by atoms with Crippen molar-refractivity contribution in [1.82, 2.24) is 15.0 Å². The summed E-state index contributed by atoms with van der Waals surface area (Å²) in [5.74, 6) is 2.53. The molecule has 2 heterocycles. The van der Waals surface area contributed by atoms with Crippen molar-refractivity contribution in [2.75, 3.05) is 26.4 Å². The highest BCUT2D eigenvalue weighted by Crippen LogP contribution is 2.35. The molecule has 2 N–H and O–H groups in total. The molecule has 0 radical (unpaired) electrons. The number of amides is 1. The van der Waals surface area contributed by atoms with Gasteiger partial charge in [0.25, 0.3) is 0 Å². The molecule has 1 aromatic heterocycles. The number of unbranched alkanes of at least 4 members (excludes halogenated alkanes) is 2. The maximum Gasteiger partial charge on any atom is 0.231 e. The monoisotopic (exact) mass is 450 g/mol. The van der Waals surface area contributed by atoms with E-state index in [0.29, 0.717) is 55.7 Å². The molecule has 4 rings (SSSR count). The molecular weight excluding hydrogens is 420 g/mol. The van der Waals surface area contributed by atoms with Crippen LogP contribution in [0.4, 0.5) is 0 Å². The van der Waals surface area contributed by atoms with Gasteiger partial charge >= 0.3 is 0 Å². The molecule has 33 heavy (non-hydrogen) atoms. The van der Waals surface area contributed by atoms with Crippen LogP contribution in [0, 0.1) is 0 Å². The Balaban J connectivity index is 1.36. The molecule has 2 aromatic carbocycles. The summed E-state index contributed by atoms with van der Waals surface area (Å²) < 4.78 is 16.2. The third-order valence-electron chi connectivity index (χ3n) is 5.66. The summed E-state index contributed by atoms with van der Waals surface area (Å²) in [6.45, 7) is 2.07. The lowest BCUT2D eigenvalue weighted by molar-refractivity contribution is -0.131. The number of aromatic nitrogens is 2. The van der Waals surface area contributed by atoms with E-state index in [1.807, 2.05) is 41.3 Å². The minimum atomic E-state index is 0.151. The fraction of sp³-hybridized carbons (Fsp3) is 0.400. The van der Waals surface area contributed by atoms with Gasteiger partial charge in [0.15, 0.2) is 11.5 Å². The highest BCUT2D eigenvalue weighted by atomic mass is 16.7. The quantitative estimate of drug-likeness (QED) is 0.421. The second-order valence-electron chi connectivity index (χ2n) is 8.05. The van der Waals surface area contributed by atoms with E-state index in [9.17, 15) is 4.79 Å². The summed E-state index contributed by atoms with van der Waals surface area (Å²) in [5, 5.41) is 4.10. The molecule has 174 valence electrons. The number of benzene rings is 2. The number of carbonyl (C=O) groups is 1. The van der Waals surface area contributed by atoms with Crippen LogP contribution in [-0.2, 0) is 17.6 Å². The van der Waals surface area contributed by atoms with Crippen molar-refractivity contribution < 1.29 is 18.8 Å². The highest BCUT2D eigenvalue weighted by Gasteiger charge is 2.18. The molecule has 8 nitrogen and oxygen atoms in total. The van der Waals surface area contributed by atoms with E-state index < -0.39 is 0 Å². The van der Waals surface area contributed by atoms with Crippen LogP contribution in [0.15, 0.2) is 53.1 Å². The summed E-state index contributed by atoms with van der Waals surface area (Å²) in [6.07, 6.45) is 4.61. The normalized spacial score (nSPS) is 12.2. The van der Waals surface area contributed by atoms with E-state index in [0.717, 1.165) is 31.2 Å². The van der Waals surface area contributed by atoms with Gasteiger partial charge in [-0.3, -0.25) is 4.79 Å². The fourth-order valence-electron chi connectivity index (χ4n) is 3.77. The van der Waals surface area contributed by atoms with Gasteiger partial charge in [0.05, 0.1) is 0 Å². The van der Waals surface area contributed by atoms with E-state index in [4.69, 9.17) is 19.7 Å². The Kier molecular flexibility index (Phi) is 7.92. The van der Waals surface area contributed by atoms with Crippen molar-refractivity contribution in [1.29, 1.82) is 0 Å². The molecule has 0 aliphatic carbocycles. The molecule has 0 spiro atoms. The van der Waals surface area contributed by atoms with Crippen molar-refractivity contribution in [2.45, 2.75) is 38.5 Å². The van der Waals surface area contributed by atoms with Crippen LogP contribution in [0.1, 0.15) is 37.1 Å². The minimum absolute atomic E-state index is 0.151. The fourth-order valence-corrected chi connectivity index (χ4v) is 3.77. The van der Waals surface area contributed by atoms with E-state index in [1.165, 1.54) is 5.56 Å². The molecule has 0 bridgehead atoms. The number of fused-ring (bicyclic) bond motifs is 1. The first-order valence-corrected chi connectivity index (χ1v) is 11.5. The third-order valence-corrected chi connectivity index (χ3v) is 5.66. The van der Waals surface area contributed by atoms with Crippen LogP contribution in [0.5, 0.6) is 11.5 Å². The van der Waals surface area contributed by atoms with Crippen molar-refractivity contribution in [3.8, 4) is 22.9 Å². The van der Waals surface area contributed by atoms with E-state index >= 15 is 0 Å². The number of carbonyl (C=O) groups excluding carboxylic acids is 1. The number of ether oxygens (including phenoxy) is 2. The third kappa shape index (κ3) is 6.32. The summed E-state index contributed by atoms with van der Waals surface area (Å²) >= 11 is 0. The first kappa shape index (κ1) is 22.8. The zero-order valence-corrected chi connectivity index (χ0v) is 18.7. The Hall–Kier alpha value is -3.39. The Labute approximate surface area is 193 Å². The molecule has 0 unspecified atom stereocenters. The van der Waals surface area contributed by atoms with Crippen molar-refractivity contribution >= 4 is 5.91 Å². The highest BCUT2D eigenvalue weighted by molar-refractivity contribution is 5.76. The molecule has 1 amide bonds. The Morgan fingerprint density at radius 2 is 1.79 bits per heavy atom. The lowest BCUT2D eigenvalue weighted by atomic mass is 10.1.